The van der Waals surface area contributed by atoms with Crippen LogP contribution in [0.25, 0.3) is 10.6 Å². The van der Waals surface area contributed by atoms with Crippen molar-refractivity contribution in [3.63, 3.8) is 0 Å². The second-order valence-corrected chi connectivity index (χ2v) is 7.56. The number of thiazole rings is 1. The van der Waals surface area contributed by atoms with Crippen molar-refractivity contribution in [1.82, 2.24) is 19.7 Å². The molecule has 2 aromatic heterocycles. The van der Waals surface area contributed by atoms with Crippen molar-refractivity contribution >= 4 is 23.1 Å². The van der Waals surface area contributed by atoms with E-state index in [-0.39, 0.29) is 19.1 Å². The highest BCUT2D eigenvalue weighted by atomic mass is 32.1. The Kier molecular flexibility index (Phi) is 5.27. The van der Waals surface area contributed by atoms with Crippen molar-refractivity contribution in [2.45, 2.75) is 13.0 Å². The minimum Gasteiger partial charge on any atom is -0.454 e. The number of hydrogen-bond acceptors (Lipinski definition) is 7. The van der Waals surface area contributed by atoms with Gasteiger partial charge < -0.3 is 19.7 Å². The van der Waals surface area contributed by atoms with Crippen LogP contribution in [0.5, 0.6) is 11.5 Å². The summed E-state index contributed by atoms with van der Waals surface area (Å²) < 4.78 is 12.6. The van der Waals surface area contributed by atoms with Gasteiger partial charge in [0, 0.05) is 29.8 Å². The number of benzene rings is 1. The summed E-state index contributed by atoms with van der Waals surface area (Å²) in [5.74, 6) is 1.87. The highest BCUT2D eigenvalue weighted by Gasteiger charge is 2.16. The number of nitrogens with zero attached hydrogens (tertiary/aromatic N) is 4. The summed E-state index contributed by atoms with van der Waals surface area (Å²) in [6, 6.07) is 7.52. The first-order valence-electron chi connectivity index (χ1n) is 8.89. The minimum absolute atomic E-state index is 0.139. The standard InChI is InChI=1S/C19H21N5O3S/c1-23(2)7-8-24-6-5-17(22-24)21-18(25)10-14-11-28-19(20-14)13-3-4-15-16(9-13)27-12-26-15/h3-6,9,11H,7-8,10,12H2,1-2H3,(H,21,22,25). The Morgan fingerprint density at radius 1 is 1.29 bits per heavy atom. The Balaban J connectivity index is 1.35. The van der Waals surface area contributed by atoms with E-state index in [1.807, 2.05) is 48.6 Å². The molecule has 0 spiro atoms. The molecular weight excluding hydrogens is 378 g/mol. The lowest BCUT2D eigenvalue weighted by Gasteiger charge is -2.08. The summed E-state index contributed by atoms with van der Waals surface area (Å²) in [5.41, 5.74) is 1.67. The molecule has 0 atom stereocenters. The molecule has 1 aliphatic heterocycles. The third kappa shape index (κ3) is 4.32. The van der Waals surface area contributed by atoms with Crippen LogP contribution in [0, 0.1) is 0 Å². The van der Waals surface area contributed by atoms with E-state index in [9.17, 15) is 4.79 Å². The average Bonchev–Trinajstić information content (AvgIpc) is 3.40. The van der Waals surface area contributed by atoms with Crippen LogP contribution in [0.3, 0.4) is 0 Å². The number of aromatic nitrogens is 3. The van der Waals surface area contributed by atoms with Crippen molar-refractivity contribution in [1.29, 1.82) is 0 Å². The van der Waals surface area contributed by atoms with E-state index in [4.69, 9.17) is 9.47 Å². The topological polar surface area (TPSA) is 81.5 Å². The fourth-order valence-corrected chi connectivity index (χ4v) is 3.57. The molecule has 0 saturated heterocycles. The summed E-state index contributed by atoms with van der Waals surface area (Å²) in [6.45, 7) is 1.90. The number of fused-ring (bicyclic) bond motifs is 1. The van der Waals surface area contributed by atoms with Crippen LogP contribution in [0.4, 0.5) is 5.82 Å². The summed E-state index contributed by atoms with van der Waals surface area (Å²) >= 11 is 1.50. The van der Waals surface area contributed by atoms with Crippen LogP contribution >= 0.6 is 11.3 Å². The first-order chi connectivity index (χ1) is 13.6. The molecule has 28 heavy (non-hydrogen) atoms. The lowest BCUT2D eigenvalue weighted by atomic mass is 10.2. The van der Waals surface area contributed by atoms with Crippen molar-refractivity contribution in [3.8, 4) is 22.1 Å². The molecular formula is C19H21N5O3S. The molecule has 8 nitrogen and oxygen atoms in total. The SMILES string of the molecule is CN(C)CCn1ccc(NC(=O)Cc2csc(-c3ccc4c(c3)OCO4)n2)n1. The Morgan fingerprint density at radius 3 is 3.00 bits per heavy atom. The van der Waals surface area contributed by atoms with E-state index in [1.54, 1.807) is 6.07 Å². The first kappa shape index (κ1) is 18.5. The average molecular weight is 399 g/mol. The highest BCUT2D eigenvalue weighted by molar-refractivity contribution is 7.13. The molecule has 0 saturated carbocycles. The fraction of sp³-hybridized carbons (Fsp3) is 0.316. The number of likely N-dealkylation sites (N-methyl/N-ethyl adjacent to an activating group) is 1. The summed E-state index contributed by atoms with van der Waals surface area (Å²) in [7, 11) is 4.02. The maximum atomic E-state index is 12.3. The molecule has 0 fully saturated rings. The molecule has 0 aliphatic carbocycles. The Labute approximate surface area is 166 Å². The molecule has 0 radical (unpaired) electrons. The third-order valence-corrected chi connectivity index (χ3v) is 5.14. The molecule has 3 heterocycles. The molecule has 0 bridgehead atoms. The zero-order valence-electron chi connectivity index (χ0n) is 15.7. The molecule has 3 aromatic rings. The molecule has 9 heteroatoms. The lowest BCUT2D eigenvalue weighted by Crippen LogP contribution is -2.19. The van der Waals surface area contributed by atoms with Gasteiger partial charge in [0.05, 0.1) is 18.7 Å². The summed E-state index contributed by atoms with van der Waals surface area (Å²) in [4.78, 5) is 19.0. The number of anilines is 1. The highest BCUT2D eigenvalue weighted by Crippen LogP contribution is 2.36. The van der Waals surface area contributed by atoms with Gasteiger partial charge >= 0.3 is 0 Å². The molecule has 146 valence electrons. The van der Waals surface area contributed by atoms with E-state index in [0.29, 0.717) is 5.82 Å². The monoisotopic (exact) mass is 399 g/mol. The van der Waals surface area contributed by atoms with Crippen molar-refractivity contribution in [2.24, 2.45) is 0 Å². The van der Waals surface area contributed by atoms with Crippen LogP contribution in [-0.4, -0.2) is 53.0 Å². The maximum Gasteiger partial charge on any atom is 0.231 e. The van der Waals surface area contributed by atoms with E-state index in [0.717, 1.165) is 40.9 Å². The van der Waals surface area contributed by atoms with Crippen LogP contribution in [0.2, 0.25) is 0 Å². The Hall–Kier alpha value is -2.91. The van der Waals surface area contributed by atoms with Crippen LogP contribution in [0.15, 0.2) is 35.8 Å². The van der Waals surface area contributed by atoms with Gasteiger partial charge in [-0.1, -0.05) is 0 Å². The third-order valence-electron chi connectivity index (χ3n) is 4.20. The number of nitrogens with one attached hydrogen (secondary N) is 1. The van der Waals surface area contributed by atoms with Gasteiger partial charge in [0.15, 0.2) is 17.3 Å². The zero-order chi connectivity index (χ0) is 19.5. The molecule has 1 amide bonds. The maximum absolute atomic E-state index is 12.3. The smallest absolute Gasteiger partial charge is 0.231 e. The lowest BCUT2D eigenvalue weighted by molar-refractivity contribution is -0.115. The second kappa shape index (κ2) is 7.99. The summed E-state index contributed by atoms with van der Waals surface area (Å²) in [5, 5.41) is 9.93. The first-order valence-corrected chi connectivity index (χ1v) is 9.77. The minimum atomic E-state index is -0.139. The Bertz CT molecular complexity index is 982. The molecule has 1 N–H and O–H groups in total. The van der Waals surface area contributed by atoms with Crippen LogP contribution in [0.1, 0.15) is 5.69 Å². The molecule has 1 aromatic carbocycles. The van der Waals surface area contributed by atoms with E-state index < -0.39 is 0 Å². The van der Waals surface area contributed by atoms with Crippen molar-refractivity contribution < 1.29 is 14.3 Å². The van der Waals surface area contributed by atoms with Gasteiger partial charge in [0.25, 0.3) is 0 Å². The predicted octanol–water partition coefficient (Wildman–Crippen LogP) is 2.48. The van der Waals surface area contributed by atoms with Crippen molar-refractivity contribution in [2.75, 3.05) is 32.7 Å². The van der Waals surface area contributed by atoms with E-state index in [1.165, 1.54) is 11.3 Å². The number of rotatable bonds is 7. The molecule has 1 aliphatic rings. The van der Waals surface area contributed by atoms with Gasteiger partial charge in [0.1, 0.15) is 5.01 Å². The number of carbonyl (C=O) groups is 1. The quantitative estimate of drug-likeness (QED) is 0.657. The number of carbonyl (C=O) groups excluding carboxylic acids is 1. The second-order valence-electron chi connectivity index (χ2n) is 6.70. The fourth-order valence-electron chi connectivity index (χ4n) is 2.76. The number of amides is 1. The van der Waals surface area contributed by atoms with Crippen molar-refractivity contribution in [3.05, 3.63) is 41.5 Å². The van der Waals surface area contributed by atoms with E-state index >= 15 is 0 Å². The normalized spacial score (nSPS) is 12.5. The number of ether oxygens (including phenoxy) is 2. The molecule has 0 unspecified atom stereocenters. The van der Waals surface area contributed by atoms with Gasteiger partial charge in [-0.15, -0.1) is 11.3 Å². The van der Waals surface area contributed by atoms with Gasteiger partial charge in [-0.3, -0.25) is 9.48 Å². The van der Waals surface area contributed by atoms with Gasteiger partial charge in [-0.2, -0.15) is 5.10 Å². The predicted molar refractivity (Wildman–Crippen MR) is 107 cm³/mol. The van der Waals surface area contributed by atoms with Gasteiger partial charge in [-0.05, 0) is 32.3 Å². The van der Waals surface area contributed by atoms with E-state index in [2.05, 4.69) is 20.3 Å². The number of hydrogen-bond donors (Lipinski definition) is 1. The Morgan fingerprint density at radius 2 is 2.14 bits per heavy atom. The van der Waals surface area contributed by atoms with Gasteiger partial charge in [0.2, 0.25) is 12.7 Å². The van der Waals surface area contributed by atoms with Crippen LogP contribution in [-0.2, 0) is 17.8 Å². The van der Waals surface area contributed by atoms with Crippen LogP contribution < -0.4 is 14.8 Å². The van der Waals surface area contributed by atoms with Gasteiger partial charge in [-0.25, -0.2) is 4.98 Å². The zero-order valence-corrected chi connectivity index (χ0v) is 16.5. The summed E-state index contributed by atoms with van der Waals surface area (Å²) in [6.07, 6.45) is 2.06. The largest absolute Gasteiger partial charge is 0.454 e. The molecule has 4 rings (SSSR count).